The molecule has 0 unspecified atom stereocenters. The fourth-order valence-corrected chi connectivity index (χ4v) is 3.60. The third-order valence-electron chi connectivity index (χ3n) is 3.43. The van der Waals surface area contributed by atoms with Gasteiger partial charge in [-0.2, -0.15) is 4.31 Å². The summed E-state index contributed by atoms with van der Waals surface area (Å²) in [7, 11) is -1.64. The molecule has 1 saturated heterocycles. The van der Waals surface area contributed by atoms with Gasteiger partial charge in [-0.1, -0.05) is 6.07 Å². The fourth-order valence-electron chi connectivity index (χ4n) is 2.48. The van der Waals surface area contributed by atoms with E-state index < -0.39 is 16.1 Å². The molecule has 2 heterocycles. The average molecular weight is 297 g/mol. The Kier molecular flexibility index (Phi) is 4.39. The van der Waals surface area contributed by atoms with E-state index in [9.17, 15) is 13.2 Å². The van der Waals surface area contributed by atoms with Gasteiger partial charge < -0.3 is 4.90 Å². The topological polar surface area (TPSA) is 70.6 Å². The molecular weight excluding hydrogens is 278 g/mol. The Morgan fingerprint density at radius 1 is 1.55 bits per heavy atom. The molecule has 1 aliphatic rings. The predicted molar refractivity (Wildman–Crippen MR) is 75.3 cm³/mol. The second-order valence-electron chi connectivity index (χ2n) is 5.09. The molecule has 1 fully saturated rings. The molecule has 2 rings (SSSR count). The SMILES string of the molecule is CN(Cc1cccnc1)C(=O)[C@H]1CCCN1S(C)(=O)=O. The van der Waals surface area contributed by atoms with Crippen molar-refractivity contribution in [3.63, 3.8) is 0 Å². The number of rotatable bonds is 4. The Hall–Kier alpha value is -1.47. The van der Waals surface area contributed by atoms with E-state index in [0.717, 1.165) is 18.2 Å². The lowest BCUT2D eigenvalue weighted by atomic mass is 10.2. The van der Waals surface area contributed by atoms with Crippen molar-refractivity contribution in [2.45, 2.75) is 25.4 Å². The van der Waals surface area contributed by atoms with Crippen molar-refractivity contribution in [1.82, 2.24) is 14.2 Å². The first-order valence-electron chi connectivity index (χ1n) is 6.50. The summed E-state index contributed by atoms with van der Waals surface area (Å²) in [4.78, 5) is 18.0. The number of likely N-dealkylation sites (N-methyl/N-ethyl adjacent to an activating group) is 1. The van der Waals surface area contributed by atoms with E-state index >= 15 is 0 Å². The van der Waals surface area contributed by atoms with Gasteiger partial charge in [0.05, 0.1) is 6.26 Å². The van der Waals surface area contributed by atoms with Gasteiger partial charge in [-0.25, -0.2) is 8.42 Å². The van der Waals surface area contributed by atoms with E-state index in [1.807, 2.05) is 12.1 Å². The first-order chi connectivity index (χ1) is 9.39. The maximum atomic E-state index is 12.4. The molecule has 1 aromatic heterocycles. The monoisotopic (exact) mass is 297 g/mol. The Balaban J connectivity index is 2.07. The number of hydrogen-bond acceptors (Lipinski definition) is 4. The van der Waals surface area contributed by atoms with E-state index in [-0.39, 0.29) is 5.91 Å². The first kappa shape index (κ1) is 14.9. The molecule has 0 aromatic carbocycles. The van der Waals surface area contributed by atoms with Crippen LogP contribution < -0.4 is 0 Å². The lowest BCUT2D eigenvalue weighted by molar-refractivity contribution is -0.133. The first-order valence-corrected chi connectivity index (χ1v) is 8.35. The summed E-state index contributed by atoms with van der Waals surface area (Å²) in [5.41, 5.74) is 0.923. The molecule has 0 spiro atoms. The van der Waals surface area contributed by atoms with Gasteiger partial charge in [-0.05, 0) is 24.5 Å². The number of carbonyl (C=O) groups excluding carboxylic acids is 1. The molecule has 0 radical (unpaired) electrons. The molecule has 0 N–H and O–H groups in total. The van der Waals surface area contributed by atoms with Crippen molar-refractivity contribution in [3.8, 4) is 0 Å². The molecular formula is C13H19N3O3S. The quantitative estimate of drug-likeness (QED) is 0.810. The van der Waals surface area contributed by atoms with Gasteiger partial charge in [0, 0.05) is 32.5 Å². The standard InChI is InChI=1S/C13H19N3O3S/c1-15(10-11-5-3-7-14-9-11)13(17)12-6-4-8-16(12)20(2,18)19/h3,5,7,9,12H,4,6,8,10H2,1-2H3/t12-/m1/s1. The molecule has 0 aliphatic carbocycles. The third-order valence-corrected chi connectivity index (χ3v) is 4.72. The van der Waals surface area contributed by atoms with Crippen LogP contribution in [0, 0.1) is 0 Å². The van der Waals surface area contributed by atoms with Crippen molar-refractivity contribution in [2.24, 2.45) is 0 Å². The highest BCUT2D eigenvalue weighted by Crippen LogP contribution is 2.22. The van der Waals surface area contributed by atoms with Crippen molar-refractivity contribution in [1.29, 1.82) is 0 Å². The summed E-state index contributed by atoms with van der Waals surface area (Å²) in [5, 5.41) is 0. The highest BCUT2D eigenvalue weighted by molar-refractivity contribution is 7.88. The van der Waals surface area contributed by atoms with Crippen LogP contribution in [0.1, 0.15) is 18.4 Å². The number of aromatic nitrogens is 1. The minimum atomic E-state index is -3.33. The van der Waals surface area contributed by atoms with Gasteiger partial charge >= 0.3 is 0 Å². The lowest BCUT2D eigenvalue weighted by Crippen LogP contribution is -2.45. The summed E-state index contributed by atoms with van der Waals surface area (Å²) in [6.07, 6.45) is 5.84. The van der Waals surface area contributed by atoms with E-state index in [0.29, 0.717) is 19.5 Å². The second-order valence-corrected chi connectivity index (χ2v) is 7.02. The second kappa shape index (κ2) is 5.88. The molecule has 1 aromatic rings. The number of nitrogens with zero attached hydrogens (tertiary/aromatic N) is 3. The highest BCUT2D eigenvalue weighted by Gasteiger charge is 2.37. The molecule has 1 aliphatic heterocycles. The van der Waals surface area contributed by atoms with Gasteiger partial charge in [-0.3, -0.25) is 9.78 Å². The molecule has 6 nitrogen and oxygen atoms in total. The van der Waals surface area contributed by atoms with Crippen molar-refractivity contribution in [2.75, 3.05) is 19.8 Å². The number of pyridine rings is 1. The molecule has 1 atom stereocenters. The van der Waals surface area contributed by atoms with Crippen molar-refractivity contribution in [3.05, 3.63) is 30.1 Å². The van der Waals surface area contributed by atoms with E-state index in [1.54, 1.807) is 24.3 Å². The molecule has 110 valence electrons. The minimum Gasteiger partial charge on any atom is -0.340 e. The number of amides is 1. The number of carbonyl (C=O) groups is 1. The van der Waals surface area contributed by atoms with Gasteiger partial charge in [0.2, 0.25) is 15.9 Å². The van der Waals surface area contributed by atoms with Crippen LogP contribution in [0.3, 0.4) is 0 Å². The van der Waals surface area contributed by atoms with E-state index in [2.05, 4.69) is 4.98 Å². The van der Waals surface area contributed by atoms with Gasteiger partial charge in [0.15, 0.2) is 0 Å². The Bertz CT molecular complexity index is 574. The molecule has 7 heteroatoms. The number of hydrogen-bond donors (Lipinski definition) is 0. The van der Waals surface area contributed by atoms with Crippen LogP contribution in [-0.4, -0.2) is 54.4 Å². The minimum absolute atomic E-state index is 0.156. The zero-order valence-corrected chi connectivity index (χ0v) is 12.5. The Morgan fingerprint density at radius 3 is 2.90 bits per heavy atom. The van der Waals surface area contributed by atoms with Crippen molar-refractivity contribution >= 4 is 15.9 Å². The molecule has 0 bridgehead atoms. The van der Waals surface area contributed by atoms with Gasteiger partial charge in [0.25, 0.3) is 0 Å². The van der Waals surface area contributed by atoms with Crippen LogP contribution in [0.15, 0.2) is 24.5 Å². The van der Waals surface area contributed by atoms with Crippen LogP contribution in [0.2, 0.25) is 0 Å². The normalized spacial score (nSPS) is 20.0. The maximum Gasteiger partial charge on any atom is 0.241 e. The summed E-state index contributed by atoms with van der Waals surface area (Å²) in [6, 6.07) is 3.14. The maximum absolute atomic E-state index is 12.4. The van der Waals surface area contributed by atoms with E-state index in [1.165, 1.54) is 4.31 Å². The van der Waals surface area contributed by atoms with Gasteiger partial charge in [0.1, 0.15) is 6.04 Å². The third kappa shape index (κ3) is 3.34. The van der Waals surface area contributed by atoms with Crippen LogP contribution in [0.5, 0.6) is 0 Å². The Morgan fingerprint density at radius 2 is 2.30 bits per heavy atom. The highest BCUT2D eigenvalue weighted by atomic mass is 32.2. The summed E-state index contributed by atoms with van der Waals surface area (Å²) in [6.45, 7) is 0.858. The zero-order valence-electron chi connectivity index (χ0n) is 11.7. The Labute approximate surface area is 119 Å². The van der Waals surface area contributed by atoms with Crippen LogP contribution in [-0.2, 0) is 21.4 Å². The van der Waals surface area contributed by atoms with Crippen LogP contribution in [0.4, 0.5) is 0 Å². The van der Waals surface area contributed by atoms with E-state index in [4.69, 9.17) is 0 Å². The molecule has 1 amide bonds. The largest absolute Gasteiger partial charge is 0.340 e. The fraction of sp³-hybridized carbons (Fsp3) is 0.538. The smallest absolute Gasteiger partial charge is 0.241 e. The summed E-state index contributed by atoms with van der Waals surface area (Å²) < 4.78 is 24.6. The molecule has 0 saturated carbocycles. The average Bonchev–Trinajstić information content (AvgIpc) is 2.88. The number of sulfonamides is 1. The van der Waals surface area contributed by atoms with Crippen LogP contribution >= 0.6 is 0 Å². The van der Waals surface area contributed by atoms with Crippen LogP contribution in [0.25, 0.3) is 0 Å². The van der Waals surface area contributed by atoms with Gasteiger partial charge in [-0.15, -0.1) is 0 Å². The van der Waals surface area contributed by atoms with Crippen molar-refractivity contribution < 1.29 is 13.2 Å². The summed E-state index contributed by atoms with van der Waals surface area (Å²) in [5.74, 6) is -0.156. The summed E-state index contributed by atoms with van der Waals surface area (Å²) >= 11 is 0. The molecule has 20 heavy (non-hydrogen) atoms. The predicted octanol–water partition coefficient (Wildman–Crippen LogP) is 0.464. The zero-order chi connectivity index (χ0) is 14.8. The lowest BCUT2D eigenvalue weighted by Gasteiger charge is -2.26.